The second-order valence-electron chi connectivity index (χ2n) is 4.94. The van der Waals surface area contributed by atoms with Gasteiger partial charge in [0.25, 0.3) is 5.91 Å². The first-order valence-corrected chi connectivity index (χ1v) is 8.01. The maximum absolute atomic E-state index is 12.6. The Labute approximate surface area is 129 Å². The molecule has 0 aliphatic rings. The van der Waals surface area contributed by atoms with Crippen LogP contribution in [0.3, 0.4) is 0 Å². The predicted octanol–water partition coefficient (Wildman–Crippen LogP) is 4.54. The van der Waals surface area contributed by atoms with Crippen LogP contribution in [0.2, 0.25) is 0 Å². The maximum Gasteiger partial charge on any atom is 0.254 e. The smallest absolute Gasteiger partial charge is 0.254 e. The lowest BCUT2D eigenvalue weighted by Gasteiger charge is -2.26. The van der Waals surface area contributed by atoms with E-state index in [-0.39, 0.29) is 11.9 Å². The van der Waals surface area contributed by atoms with Gasteiger partial charge in [-0.1, -0.05) is 18.2 Å². The van der Waals surface area contributed by atoms with Gasteiger partial charge in [-0.15, -0.1) is 22.9 Å². The van der Waals surface area contributed by atoms with E-state index in [0.29, 0.717) is 18.0 Å². The predicted molar refractivity (Wildman–Crippen MR) is 85.3 cm³/mol. The molecule has 2 nitrogen and oxygen atoms in total. The van der Waals surface area contributed by atoms with E-state index in [1.807, 2.05) is 54.5 Å². The van der Waals surface area contributed by atoms with Gasteiger partial charge in [0.2, 0.25) is 0 Å². The highest BCUT2D eigenvalue weighted by Gasteiger charge is 2.19. The lowest BCUT2D eigenvalue weighted by atomic mass is 10.1. The molecule has 0 saturated heterocycles. The average molecular weight is 308 g/mol. The van der Waals surface area contributed by atoms with Gasteiger partial charge in [0, 0.05) is 22.4 Å². The molecule has 1 amide bonds. The maximum atomic E-state index is 12.6. The summed E-state index contributed by atoms with van der Waals surface area (Å²) in [7, 11) is 0. The highest BCUT2D eigenvalue weighted by atomic mass is 35.5. The zero-order chi connectivity index (χ0) is 14.5. The zero-order valence-corrected chi connectivity index (χ0v) is 13.2. The van der Waals surface area contributed by atoms with Crippen LogP contribution in [0.25, 0.3) is 0 Å². The van der Waals surface area contributed by atoms with E-state index in [4.69, 9.17) is 11.6 Å². The van der Waals surface area contributed by atoms with Crippen molar-refractivity contribution in [2.75, 3.05) is 0 Å². The summed E-state index contributed by atoms with van der Waals surface area (Å²) in [6, 6.07) is 11.8. The van der Waals surface area contributed by atoms with Crippen molar-refractivity contribution in [1.29, 1.82) is 0 Å². The van der Waals surface area contributed by atoms with Crippen molar-refractivity contribution in [3.05, 3.63) is 57.8 Å². The number of amides is 1. The minimum Gasteiger partial charge on any atom is -0.331 e. The van der Waals surface area contributed by atoms with Crippen molar-refractivity contribution in [2.24, 2.45) is 0 Å². The largest absolute Gasteiger partial charge is 0.331 e. The van der Waals surface area contributed by atoms with Crippen LogP contribution in [0.5, 0.6) is 0 Å². The molecule has 1 aromatic carbocycles. The van der Waals surface area contributed by atoms with Gasteiger partial charge < -0.3 is 4.90 Å². The van der Waals surface area contributed by atoms with Crippen LogP contribution in [0, 0.1) is 0 Å². The van der Waals surface area contributed by atoms with Crippen molar-refractivity contribution in [3.8, 4) is 0 Å². The van der Waals surface area contributed by atoms with Crippen LogP contribution in [-0.2, 0) is 12.4 Å². The third-order valence-corrected chi connectivity index (χ3v) is 4.32. The molecule has 20 heavy (non-hydrogen) atoms. The number of alkyl halides is 1. The molecule has 1 aromatic heterocycles. The molecule has 2 aromatic rings. The second-order valence-corrected chi connectivity index (χ2v) is 6.24. The van der Waals surface area contributed by atoms with E-state index < -0.39 is 0 Å². The topological polar surface area (TPSA) is 20.3 Å². The van der Waals surface area contributed by atoms with Crippen LogP contribution in [0.1, 0.15) is 34.6 Å². The molecule has 0 aliphatic carbocycles. The van der Waals surface area contributed by atoms with Gasteiger partial charge in [-0.05, 0) is 43.0 Å². The highest BCUT2D eigenvalue weighted by Crippen LogP contribution is 2.17. The minimum atomic E-state index is 0.0644. The molecule has 0 fully saturated rings. The Bertz CT molecular complexity index is 548. The van der Waals surface area contributed by atoms with E-state index in [9.17, 15) is 4.79 Å². The first kappa shape index (κ1) is 15.1. The molecule has 0 atom stereocenters. The van der Waals surface area contributed by atoms with Gasteiger partial charge in [0.05, 0.1) is 6.54 Å². The molecule has 0 unspecified atom stereocenters. The number of halogens is 1. The van der Waals surface area contributed by atoms with E-state index in [1.165, 1.54) is 4.88 Å². The molecule has 4 heteroatoms. The summed E-state index contributed by atoms with van der Waals surface area (Å²) in [5, 5.41) is 2.04. The third kappa shape index (κ3) is 3.62. The standard InChI is InChI=1S/C16H18ClNOS/c1-12(2)18(11-15-4-3-9-20-15)16(19)14-7-5-13(10-17)6-8-14/h3-9,12H,10-11H2,1-2H3. The lowest BCUT2D eigenvalue weighted by molar-refractivity contribution is 0.0692. The second kappa shape index (κ2) is 6.91. The molecule has 0 aliphatic heterocycles. The monoisotopic (exact) mass is 307 g/mol. The zero-order valence-electron chi connectivity index (χ0n) is 11.7. The fourth-order valence-corrected chi connectivity index (χ4v) is 2.84. The Morgan fingerprint density at radius 2 is 1.95 bits per heavy atom. The van der Waals surface area contributed by atoms with E-state index in [0.717, 1.165) is 5.56 Å². The Morgan fingerprint density at radius 1 is 1.25 bits per heavy atom. The van der Waals surface area contributed by atoms with Crippen LogP contribution >= 0.6 is 22.9 Å². The molecular weight excluding hydrogens is 290 g/mol. The van der Waals surface area contributed by atoms with Crippen LogP contribution in [-0.4, -0.2) is 16.8 Å². The number of carbonyl (C=O) groups excluding carboxylic acids is 1. The van der Waals surface area contributed by atoms with E-state index >= 15 is 0 Å². The molecule has 0 spiro atoms. The van der Waals surface area contributed by atoms with Crippen LogP contribution in [0.4, 0.5) is 0 Å². The third-order valence-electron chi connectivity index (χ3n) is 3.15. The molecule has 1 heterocycles. The fourth-order valence-electron chi connectivity index (χ4n) is 1.96. The number of benzene rings is 1. The summed E-state index contributed by atoms with van der Waals surface area (Å²) in [5.41, 5.74) is 1.74. The Kier molecular flexibility index (Phi) is 5.21. The molecular formula is C16H18ClNOS. The van der Waals surface area contributed by atoms with E-state index in [1.54, 1.807) is 11.3 Å². The Balaban J connectivity index is 2.17. The first-order chi connectivity index (χ1) is 9.61. The molecule has 0 radical (unpaired) electrons. The summed E-state index contributed by atoms with van der Waals surface area (Å²) in [6.07, 6.45) is 0. The van der Waals surface area contributed by atoms with Crippen LogP contribution in [0.15, 0.2) is 41.8 Å². The first-order valence-electron chi connectivity index (χ1n) is 6.60. The van der Waals surface area contributed by atoms with Crippen molar-refractivity contribution in [2.45, 2.75) is 32.3 Å². The highest BCUT2D eigenvalue weighted by molar-refractivity contribution is 7.09. The van der Waals surface area contributed by atoms with E-state index in [2.05, 4.69) is 6.07 Å². The Morgan fingerprint density at radius 3 is 2.45 bits per heavy atom. The summed E-state index contributed by atoms with van der Waals surface area (Å²) in [4.78, 5) is 15.7. The summed E-state index contributed by atoms with van der Waals surface area (Å²) in [5.74, 6) is 0.534. The molecule has 106 valence electrons. The fraction of sp³-hybridized carbons (Fsp3) is 0.312. The molecule has 0 saturated carbocycles. The number of hydrogen-bond acceptors (Lipinski definition) is 2. The van der Waals surface area contributed by atoms with Crippen molar-refractivity contribution in [3.63, 3.8) is 0 Å². The van der Waals surface area contributed by atoms with Gasteiger partial charge >= 0.3 is 0 Å². The number of thiophene rings is 1. The Hall–Kier alpha value is -1.32. The number of hydrogen-bond donors (Lipinski definition) is 0. The summed E-state index contributed by atoms with van der Waals surface area (Å²) >= 11 is 7.45. The quantitative estimate of drug-likeness (QED) is 0.743. The van der Waals surface area contributed by atoms with Crippen molar-refractivity contribution < 1.29 is 4.79 Å². The van der Waals surface area contributed by atoms with Gasteiger partial charge in [-0.2, -0.15) is 0 Å². The van der Waals surface area contributed by atoms with Crippen molar-refractivity contribution >= 4 is 28.8 Å². The normalized spacial score (nSPS) is 10.8. The molecule has 2 rings (SSSR count). The SMILES string of the molecule is CC(C)N(Cc1cccs1)C(=O)c1ccc(CCl)cc1. The van der Waals surface area contributed by atoms with Crippen molar-refractivity contribution in [1.82, 2.24) is 4.90 Å². The number of carbonyl (C=O) groups is 1. The van der Waals surface area contributed by atoms with Gasteiger partial charge in [0.15, 0.2) is 0 Å². The number of nitrogens with zero attached hydrogens (tertiary/aromatic N) is 1. The van der Waals surface area contributed by atoms with Gasteiger partial charge in [-0.25, -0.2) is 0 Å². The minimum absolute atomic E-state index is 0.0644. The molecule has 0 bridgehead atoms. The number of rotatable bonds is 5. The average Bonchev–Trinajstić information content (AvgIpc) is 2.97. The molecule has 0 N–H and O–H groups in total. The van der Waals surface area contributed by atoms with Crippen LogP contribution < -0.4 is 0 Å². The summed E-state index contributed by atoms with van der Waals surface area (Å²) < 4.78 is 0. The summed E-state index contributed by atoms with van der Waals surface area (Å²) in [6.45, 7) is 4.74. The van der Waals surface area contributed by atoms with Gasteiger partial charge in [-0.3, -0.25) is 4.79 Å². The van der Waals surface area contributed by atoms with Gasteiger partial charge in [0.1, 0.15) is 0 Å². The lowest BCUT2D eigenvalue weighted by Crippen LogP contribution is -2.36.